The molecule has 132 valence electrons. The number of ether oxygens (including phenoxy) is 1. The Hall–Kier alpha value is -2.64. The van der Waals surface area contributed by atoms with E-state index in [1.54, 1.807) is 13.0 Å². The molecule has 0 aliphatic rings. The van der Waals surface area contributed by atoms with Gasteiger partial charge in [-0.05, 0) is 30.7 Å². The molecule has 0 aliphatic carbocycles. The molecule has 2 aromatic carbocycles. The van der Waals surface area contributed by atoms with Gasteiger partial charge in [0.2, 0.25) is 5.91 Å². The molecule has 0 aromatic heterocycles. The quantitative estimate of drug-likeness (QED) is 0.581. The Labute approximate surface area is 150 Å². The smallest absolute Gasteiger partial charge is 0.271 e. The van der Waals surface area contributed by atoms with Crippen LogP contribution in [-0.2, 0) is 11.3 Å². The van der Waals surface area contributed by atoms with E-state index in [-0.39, 0.29) is 17.3 Å². The number of rotatable bonds is 7. The maximum atomic E-state index is 12.3. The van der Waals surface area contributed by atoms with Crippen molar-refractivity contribution in [3.05, 3.63) is 63.2 Å². The molecule has 0 bridgehead atoms. The van der Waals surface area contributed by atoms with Crippen LogP contribution in [0.5, 0.6) is 5.75 Å². The third-order valence-electron chi connectivity index (χ3n) is 3.55. The second-order valence-electron chi connectivity index (χ2n) is 5.36. The van der Waals surface area contributed by atoms with Crippen LogP contribution in [0.1, 0.15) is 12.5 Å². The van der Waals surface area contributed by atoms with Crippen molar-refractivity contribution in [3.8, 4) is 5.75 Å². The molecule has 0 spiro atoms. The number of nitro benzene ring substituents is 1. The van der Waals surface area contributed by atoms with Crippen LogP contribution in [0.4, 0.5) is 11.4 Å². The fourth-order valence-electron chi connectivity index (χ4n) is 2.16. The summed E-state index contributed by atoms with van der Waals surface area (Å²) in [6.07, 6.45) is 0. The topological polar surface area (TPSA) is 93.5 Å². The number of nitrogens with one attached hydrogen (secondary N) is 2. The molecule has 2 N–H and O–H groups in total. The van der Waals surface area contributed by atoms with Crippen molar-refractivity contribution in [2.75, 3.05) is 12.4 Å². The van der Waals surface area contributed by atoms with Crippen LogP contribution in [0.2, 0.25) is 5.02 Å². The Balaban J connectivity index is 2.03. The predicted octanol–water partition coefficient (Wildman–Crippen LogP) is 3.37. The van der Waals surface area contributed by atoms with Gasteiger partial charge >= 0.3 is 0 Å². The molecule has 0 saturated carbocycles. The summed E-state index contributed by atoms with van der Waals surface area (Å²) in [6.45, 7) is 2.16. The Kier molecular flexibility index (Phi) is 6.32. The van der Waals surface area contributed by atoms with E-state index < -0.39 is 11.0 Å². The Bertz CT molecular complexity index is 782. The number of methoxy groups -OCH3 is 1. The highest BCUT2D eigenvalue weighted by Crippen LogP contribution is 2.28. The maximum absolute atomic E-state index is 12.3. The predicted molar refractivity (Wildman–Crippen MR) is 96.0 cm³/mol. The summed E-state index contributed by atoms with van der Waals surface area (Å²) in [6, 6.07) is 10.8. The van der Waals surface area contributed by atoms with E-state index >= 15 is 0 Å². The van der Waals surface area contributed by atoms with Gasteiger partial charge in [-0.3, -0.25) is 14.9 Å². The van der Waals surface area contributed by atoms with Gasteiger partial charge in [0.1, 0.15) is 5.75 Å². The molecule has 7 nitrogen and oxygen atoms in total. The molecule has 0 unspecified atom stereocenters. The number of nitro groups is 1. The van der Waals surface area contributed by atoms with Gasteiger partial charge in [-0.25, -0.2) is 0 Å². The third-order valence-corrected chi connectivity index (χ3v) is 3.78. The van der Waals surface area contributed by atoms with Gasteiger partial charge in [0.05, 0.1) is 23.8 Å². The van der Waals surface area contributed by atoms with E-state index in [4.69, 9.17) is 16.3 Å². The number of halogens is 1. The van der Waals surface area contributed by atoms with Gasteiger partial charge in [0, 0.05) is 23.7 Å². The second kappa shape index (κ2) is 8.46. The van der Waals surface area contributed by atoms with Crippen molar-refractivity contribution in [1.29, 1.82) is 0 Å². The molecule has 0 aliphatic heterocycles. The minimum Gasteiger partial charge on any atom is -0.495 e. The maximum Gasteiger partial charge on any atom is 0.271 e. The summed E-state index contributed by atoms with van der Waals surface area (Å²) in [4.78, 5) is 22.7. The highest BCUT2D eigenvalue weighted by molar-refractivity contribution is 6.30. The molecule has 2 aromatic rings. The van der Waals surface area contributed by atoms with Crippen molar-refractivity contribution in [3.63, 3.8) is 0 Å². The lowest BCUT2D eigenvalue weighted by atomic mass is 10.2. The van der Waals surface area contributed by atoms with Crippen molar-refractivity contribution >= 4 is 28.9 Å². The zero-order chi connectivity index (χ0) is 18.4. The number of hydrogen-bond acceptors (Lipinski definition) is 5. The van der Waals surface area contributed by atoms with Gasteiger partial charge in [-0.1, -0.05) is 23.7 Å². The van der Waals surface area contributed by atoms with Crippen LogP contribution >= 0.6 is 11.6 Å². The van der Waals surface area contributed by atoms with E-state index in [1.165, 1.54) is 25.3 Å². The average molecular weight is 364 g/mol. The molecule has 25 heavy (non-hydrogen) atoms. The van der Waals surface area contributed by atoms with Gasteiger partial charge < -0.3 is 15.4 Å². The monoisotopic (exact) mass is 363 g/mol. The van der Waals surface area contributed by atoms with Crippen LogP contribution < -0.4 is 15.4 Å². The molecular formula is C17H18ClN3O4. The SMILES string of the molecule is COc1ccc([N+](=O)[O-])cc1NC(=O)[C@H](C)NCc1cccc(Cl)c1. The number of carbonyl (C=O) groups is 1. The minimum absolute atomic E-state index is 0.129. The lowest BCUT2D eigenvalue weighted by molar-refractivity contribution is -0.384. The largest absolute Gasteiger partial charge is 0.495 e. The van der Waals surface area contributed by atoms with E-state index in [2.05, 4.69) is 10.6 Å². The first-order valence-electron chi connectivity index (χ1n) is 7.52. The zero-order valence-electron chi connectivity index (χ0n) is 13.8. The molecule has 8 heteroatoms. The fourth-order valence-corrected chi connectivity index (χ4v) is 2.37. The summed E-state index contributed by atoms with van der Waals surface area (Å²) >= 11 is 5.93. The van der Waals surface area contributed by atoms with Gasteiger partial charge in [-0.15, -0.1) is 0 Å². The van der Waals surface area contributed by atoms with E-state index in [1.807, 2.05) is 18.2 Å². The van der Waals surface area contributed by atoms with Crippen LogP contribution in [-0.4, -0.2) is 24.0 Å². The number of anilines is 1. The van der Waals surface area contributed by atoms with Crippen molar-refractivity contribution < 1.29 is 14.5 Å². The molecule has 0 fully saturated rings. The minimum atomic E-state index is -0.532. The molecule has 1 amide bonds. The lowest BCUT2D eigenvalue weighted by Gasteiger charge is -2.15. The number of carbonyl (C=O) groups excluding carboxylic acids is 1. The second-order valence-corrected chi connectivity index (χ2v) is 5.80. The van der Waals surface area contributed by atoms with Crippen LogP contribution in [0.3, 0.4) is 0 Å². The van der Waals surface area contributed by atoms with Crippen molar-refractivity contribution in [1.82, 2.24) is 5.32 Å². The van der Waals surface area contributed by atoms with Gasteiger partial charge in [0.15, 0.2) is 0 Å². The van der Waals surface area contributed by atoms with E-state index in [0.29, 0.717) is 17.3 Å². The van der Waals surface area contributed by atoms with Gasteiger partial charge in [-0.2, -0.15) is 0 Å². The number of hydrogen-bond donors (Lipinski definition) is 2. The third kappa shape index (κ3) is 5.17. The first kappa shape index (κ1) is 18.7. The summed E-state index contributed by atoms with van der Waals surface area (Å²) in [7, 11) is 1.43. The molecule has 2 rings (SSSR count). The first-order valence-corrected chi connectivity index (χ1v) is 7.89. The number of nitrogens with zero attached hydrogens (tertiary/aromatic N) is 1. The lowest BCUT2D eigenvalue weighted by Crippen LogP contribution is -2.37. The highest BCUT2D eigenvalue weighted by Gasteiger charge is 2.17. The molecule has 0 heterocycles. The summed E-state index contributed by atoms with van der Waals surface area (Å²) in [5.41, 5.74) is 1.06. The van der Waals surface area contributed by atoms with E-state index in [0.717, 1.165) is 5.56 Å². The average Bonchev–Trinajstić information content (AvgIpc) is 2.59. The summed E-state index contributed by atoms with van der Waals surface area (Å²) < 4.78 is 5.13. The van der Waals surface area contributed by atoms with Crippen LogP contribution in [0, 0.1) is 10.1 Å². The standard InChI is InChI=1S/C17H18ClN3O4/c1-11(19-10-12-4-3-5-13(18)8-12)17(22)20-15-9-14(21(23)24)6-7-16(15)25-2/h3-9,11,19H,10H2,1-2H3,(H,20,22)/t11-/m0/s1. The van der Waals surface area contributed by atoms with Crippen molar-refractivity contribution in [2.24, 2.45) is 0 Å². The Morgan fingerprint density at radius 1 is 1.32 bits per heavy atom. The zero-order valence-corrected chi connectivity index (χ0v) is 14.5. The summed E-state index contributed by atoms with van der Waals surface area (Å²) in [5.74, 6) is 0.0156. The number of amides is 1. The van der Waals surface area contributed by atoms with Crippen LogP contribution in [0.15, 0.2) is 42.5 Å². The molecular weight excluding hydrogens is 346 g/mol. The Morgan fingerprint density at radius 3 is 2.72 bits per heavy atom. The molecule has 1 atom stereocenters. The van der Waals surface area contributed by atoms with Crippen LogP contribution in [0.25, 0.3) is 0 Å². The summed E-state index contributed by atoms with van der Waals surface area (Å²) in [5, 5.41) is 17.2. The first-order chi connectivity index (χ1) is 11.9. The Morgan fingerprint density at radius 2 is 2.08 bits per heavy atom. The molecule has 0 radical (unpaired) electrons. The normalized spacial score (nSPS) is 11.6. The van der Waals surface area contributed by atoms with Gasteiger partial charge in [0.25, 0.3) is 5.69 Å². The highest BCUT2D eigenvalue weighted by atomic mass is 35.5. The number of non-ortho nitro benzene ring substituents is 1. The van der Waals surface area contributed by atoms with E-state index in [9.17, 15) is 14.9 Å². The van der Waals surface area contributed by atoms with Crippen molar-refractivity contribution in [2.45, 2.75) is 19.5 Å². The number of benzene rings is 2. The fraction of sp³-hybridized carbons (Fsp3) is 0.235. The molecule has 0 saturated heterocycles.